The molecule has 2 aromatic rings. The molecule has 1 aliphatic rings. The van der Waals surface area contributed by atoms with Gasteiger partial charge >= 0.3 is 0 Å². The second-order valence-corrected chi connectivity index (χ2v) is 6.42. The first kappa shape index (κ1) is 14.5. The molecule has 3 atom stereocenters. The van der Waals surface area contributed by atoms with Crippen molar-refractivity contribution in [1.82, 2.24) is 10.3 Å². The van der Waals surface area contributed by atoms with Crippen molar-refractivity contribution < 1.29 is 0 Å². The Labute approximate surface area is 128 Å². The van der Waals surface area contributed by atoms with Crippen LogP contribution in [0.15, 0.2) is 36.5 Å². The Bertz CT molecular complexity index is 588. The van der Waals surface area contributed by atoms with E-state index in [4.69, 9.17) is 0 Å². The van der Waals surface area contributed by atoms with E-state index in [1.807, 2.05) is 6.20 Å². The zero-order chi connectivity index (χ0) is 14.7. The molecule has 1 fully saturated rings. The summed E-state index contributed by atoms with van der Waals surface area (Å²) >= 11 is 0. The third kappa shape index (κ3) is 2.96. The van der Waals surface area contributed by atoms with Gasteiger partial charge in [-0.2, -0.15) is 0 Å². The van der Waals surface area contributed by atoms with Gasteiger partial charge in [0.25, 0.3) is 0 Å². The van der Waals surface area contributed by atoms with Gasteiger partial charge in [0.15, 0.2) is 0 Å². The van der Waals surface area contributed by atoms with Crippen LogP contribution in [0.1, 0.15) is 51.1 Å². The summed E-state index contributed by atoms with van der Waals surface area (Å²) < 4.78 is 0. The van der Waals surface area contributed by atoms with E-state index in [0.29, 0.717) is 6.04 Å². The molecule has 0 aliphatic heterocycles. The van der Waals surface area contributed by atoms with Crippen LogP contribution in [0.25, 0.3) is 10.9 Å². The Morgan fingerprint density at radius 3 is 2.90 bits per heavy atom. The number of nitrogens with one attached hydrogen (secondary N) is 1. The average molecular weight is 282 g/mol. The monoisotopic (exact) mass is 282 g/mol. The van der Waals surface area contributed by atoms with Crippen molar-refractivity contribution in [1.29, 1.82) is 0 Å². The molecule has 2 heteroatoms. The lowest BCUT2D eigenvalue weighted by Crippen LogP contribution is -2.30. The van der Waals surface area contributed by atoms with Gasteiger partial charge in [0.1, 0.15) is 0 Å². The number of benzene rings is 1. The molecule has 2 nitrogen and oxygen atoms in total. The third-order valence-corrected chi connectivity index (χ3v) is 4.98. The molecule has 3 rings (SSSR count). The molecule has 1 N–H and O–H groups in total. The molecular weight excluding hydrogens is 256 g/mol. The molecule has 0 amide bonds. The maximum Gasteiger partial charge on any atom is 0.0705 e. The Balaban J connectivity index is 2.01. The number of hydrogen-bond donors (Lipinski definition) is 1. The summed E-state index contributed by atoms with van der Waals surface area (Å²) in [6, 6.07) is 11.3. The second-order valence-electron chi connectivity index (χ2n) is 6.42. The quantitative estimate of drug-likeness (QED) is 0.859. The van der Waals surface area contributed by atoms with Gasteiger partial charge < -0.3 is 5.32 Å². The maximum atomic E-state index is 4.52. The SMILES string of the molecule is CCCNC(c1cccc2ncccc12)C1CCCC1C. The molecule has 1 aromatic carbocycles. The fourth-order valence-corrected chi connectivity index (χ4v) is 3.86. The predicted octanol–water partition coefficient (Wildman–Crippen LogP) is 4.71. The largest absolute Gasteiger partial charge is 0.310 e. The van der Waals surface area contributed by atoms with Gasteiger partial charge in [-0.3, -0.25) is 4.98 Å². The molecule has 0 bridgehead atoms. The van der Waals surface area contributed by atoms with Crippen LogP contribution in [0, 0.1) is 11.8 Å². The zero-order valence-electron chi connectivity index (χ0n) is 13.2. The molecule has 0 saturated heterocycles. The van der Waals surface area contributed by atoms with Crippen molar-refractivity contribution in [2.24, 2.45) is 11.8 Å². The molecule has 1 aromatic heterocycles. The summed E-state index contributed by atoms with van der Waals surface area (Å²) in [6.45, 7) is 5.75. The summed E-state index contributed by atoms with van der Waals surface area (Å²) in [4.78, 5) is 4.52. The first-order valence-corrected chi connectivity index (χ1v) is 8.38. The summed E-state index contributed by atoms with van der Waals surface area (Å²) in [5.41, 5.74) is 2.55. The van der Waals surface area contributed by atoms with Gasteiger partial charge in [-0.1, -0.05) is 44.9 Å². The molecule has 1 saturated carbocycles. The van der Waals surface area contributed by atoms with Crippen LogP contribution in [0.2, 0.25) is 0 Å². The van der Waals surface area contributed by atoms with Crippen LogP contribution in [-0.2, 0) is 0 Å². The van der Waals surface area contributed by atoms with Gasteiger partial charge in [-0.05, 0) is 48.9 Å². The molecule has 21 heavy (non-hydrogen) atoms. The van der Waals surface area contributed by atoms with E-state index in [1.165, 1.54) is 36.6 Å². The van der Waals surface area contributed by atoms with Gasteiger partial charge in [0, 0.05) is 17.6 Å². The van der Waals surface area contributed by atoms with E-state index >= 15 is 0 Å². The average Bonchev–Trinajstić information content (AvgIpc) is 2.94. The predicted molar refractivity (Wildman–Crippen MR) is 89.3 cm³/mol. The Kier molecular flexibility index (Phi) is 4.54. The van der Waals surface area contributed by atoms with Gasteiger partial charge in [0.05, 0.1) is 5.52 Å². The normalized spacial score (nSPS) is 23.5. The number of nitrogens with zero attached hydrogens (tertiary/aromatic N) is 1. The second kappa shape index (κ2) is 6.57. The number of aromatic nitrogens is 1. The Morgan fingerprint density at radius 1 is 1.24 bits per heavy atom. The highest BCUT2D eigenvalue weighted by molar-refractivity contribution is 5.82. The summed E-state index contributed by atoms with van der Waals surface area (Å²) in [5.74, 6) is 1.56. The standard InChI is InChI=1S/C19H26N2/c1-3-12-21-19(15-8-4-7-14(15)2)17-9-5-11-18-16(17)10-6-13-20-18/h5-6,9-11,13-15,19,21H,3-4,7-8,12H2,1-2H3. The highest BCUT2D eigenvalue weighted by Gasteiger charge is 2.32. The first-order chi connectivity index (χ1) is 10.3. The summed E-state index contributed by atoms with van der Waals surface area (Å²) in [5, 5.41) is 5.14. The first-order valence-electron chi connectivity index (χ1n) is 8.38. The molecular formula is C19H26N2. The van der Waals surface area contributed by atoms with Crippen LogP contribution in [-0.4, -0.2) is 11.5 Å². The van der Waals surface area contributed by atoms with Crippen molar-refractivity contribution in [3.63, 3.8) is 0 Å². The molecule has 0 radical (unpaired) electrons. The summed E-state index contributed by atoms with van der Waals surface area (Å²) in [7, 11) is 0. The minimum absolute atomic E-state index is 0.468. The van der Waals surface area contributed by atoms with Crippen molar-refractivity contribution >= 4 is 10.9 Å². The topological polar surface area (TPSA) is 24.9 Å². The highest BCUT2D eigenvalue weighted by atomic mass is 14.9. The van der Waals surface area contributed by atoms with Crippen LogP contribution in [0.4, 0.5) is 0 Å². The number of fused-ring (bicyclic) bond motifs is 1. The van der Waals surface area contributed by atoms with Crippen molar-refractivity contribution in [3.05, 3.63) is 42.1 Å². The van der Waals surface area contributed by atoms with E-state index in [1.54, 1.807) is 0 Å². The number of rotatable bonds is 5. The summed E-state index contributed by atoms with van der Waals surface area (Å²) in [6.07, 6.45) is 7.16. The molecule has 112 valence electrons. The smallest absolute Gasteiger partial charge is 0.0705 e. The lowest BCUT2D eigenvalue weighted by molar-refractivity contribution is 0.303. The lowest BCUT2D eigenvalue weighted by Gasteiger charge is -2.29. The van der Waals surface area contributed by atoms with Crippen molar-refractivity contribution in [2.45, 2.75) is 45.6 Å². The van der Waals surface area contributed by atoms with E-state index in [9.17, 15) is 0 Å². The van der Waals surface area contributed by atoms with E-state index < -0.39 is 0 Å². The molecule has 3 unspecified atom stereocenters. The molecule has 1 heterocycles. The maximum absolute atomic E-state index is 4.52. The van der Waals surface area contributed by atoms with Gasteiger partial charge in [-0.25, -0.2) is 0 Å². The fraction of sp³-hybridized carbons (Fsp3) is 0.526. The fourth-order valence-electron chi connectivity index (χ4n) is 3.86. The Hall–Kier alpha value is -1.41. The van der Waals surface area contributed by atoms with Crippen LogP contribution < -0.4 is 5.32 Å². The van der Waals surface area contributed by atoms with Crippen LogP contribution in [0.3, 0.4) is 0 Å². The minimum Gasteiger partial charge on any atom is -0.310 e. The molecule has 1 aliphatic carbocycles. The zero-order valence-corrected chi connectivity index (χ0v) is 13.2. The van der Waals surface area contributed by atoms with Crippen LogP contribution >= 0.6 is 0 Å². The Morgan fingerprint density at radius 2 is 2.14 bits per heavy atom. The highest BCUT2D eigenvalue weighted by Crippen LogP contribution is 2.41. The number of pyridine rings is 1. The van der Waals surface area contributed by atoms with Crippen LogP contribution in [0.5, 0.6) is 0 Å². The van der Waals surface area contributed by atoms with Crippen molar-refractivity contribution in [2.75, 3.05) is 6.54 Å². The van der Waals surface area contributed by atoms with Gasteiger partial charge in [0.2, 0.25) is 0 Å². The minimum atomic E-state index is 0.468. The van der Waals surface area contributed by atoms with E-state index in [0.717, 1.165) is 23.9 Å². The van der Waals surface area contributed by atoms with Gasteiger partial charge in [-0.15, -0.1) is 0 Å². The van der Waals surface area contributed by atoms with Crippen molar-refractivity contribution in [3.8, 4) is 0 Å². The van der Waals surface area contributed by atoms with E-state index in [-0.39, 0.29) is 0 Å². The molecule has 0 spiro atoms. The number of hydrogen-bond acceptors (Lipinski definition) is 2. The lowest BCUT2D eigenvalue weighted by atomic mass is 9.84. The van der Waals surface area contributed by atoms with E-state index in [2.05, 4.69) is 54.5 Å². The third-order valence-electron chi connectivity index (χ3n) is 4.98.